The Balaban J connectivity index is 2.81. The second-order valence-electron chi connectivity index (χ2n) is 2.23. The molecule has 0 aromatic heterocycles. The number of carboxylic acids is 1. The molecule has 0 saturated carbocycles. The van der Waals surface area contributed by atoms with Crippen molar-refractivity contribution in [2.75, 3.05) is 6.61 Å². The van der Waals surface area contributed by atoms with E-state index in [1.165, 1.54) is 0 Å². The van der Waals surface area contributed by atoms with Crippen molar-refractivity contribution in [1.29, 1.82) is 0 Å². The van der Waals surface area contributed by atoms with Gasteiger partial charge in [0.05, 0.1) is 0 Å². The van der Waals surface area contributed by atoms with Crippen LogP contribution in [0.3, 0.4) is 0 Å². The van der Waals surface area contributed by atoms with Gasteiger partial charge in [-0.2, -0.15) is 0 Å². The van der Waals surface area contributed by atoms with Gasteiger partial charge in [0.1, 0.15) is 0 Å². The highest BCUT2D eigenvalue weighted by Gasteiger charge is 2.10. The Morgan fingerprint density at radius 3 is 2.38 bits per heavy atom. The molecule has 1 N–H and O–H groups in total. The van der Waals surface area contributed by atoms with Gasteiger partial charge in [0.15, 0.2) is 24.0 Å². The zero-order valence-corrected chi connectivity index (χ0v) is 6.46. The highest BCUT2D eigenvalue weighted by atomic mass is 19.1. The standard InChI is InChI=1S/C8H6F2O3/c9-5-2-1-3-6(10)8(5)13-4-7(11)12/h1-3H,4H2,(H,11,12). The first-order chi connectivity index (χ1) is 6.11. The molecule has 0 bridgehead atoms. The van der Waals surface area contributed by atoms with Crippen LogP contribution in [0, 0.1) is 11.6 Å². The van der Waals surface area contributed by atoms with Gasteiger partial charge in [0.2, 0.25) is 0 Å². The van der Waals surface area contributed by atoms with Gasteiger partial charge in [-0.3, -0.25) is 0 Å². The minimum Gasteiger partial charge on any atom is -0.479 e. The van der Waals surface area contributed by atoms with Crippen molar-refractivity contribution in [2.24, 2.45) is 0 Å². The van der Waals surface area contributed by atoms with Gasteiger partial charge in [-0.1, -0.05) is 6.07 Å². The van der Waals surface area contributed by atoms with Crippen molar-refractivity contribution < 1.29 is 23.4 Å². The van der Waals surface area contributed by atoms with Crippen molar-refractivity contribution in [2.45, 2.75) is 0 Å². The van der Waals surface area contributed by atoms with Crippen LogP contribution in [0.1, 0.15) is 0 Å². The van der Waals surface area contributed by atoms with Crippen LogP contribution in [0.2, 0.25) is 0 Å². The third kappa shape index (κ3) is 2.40. The van der Waals surface area contributed by atoms with E-state index in [-0.39, 0.29) is 0 Å². The number of carboxylic acid groups (broad SMARTS) is 1. The Hall–Kier alpha value is -1.65. The molecule has 0 aliphatic heterocycles. The summed E-state index contributed by atoms with van der Waals surface area (Å²) in [6.45, 7) is -0.766. The number of halogens is 2. The maximum atomic E-state index is 12.7. The van der Waals surface area contributed by atoms with E-state index in [0.717, 1.165) is 18.2 Å². The van der Waals surface area contributed by atoms with Crippen LogP contribution >= 0.6 is 0 Å². The van der Waals surface area contributed by atoms with E-state index >= 15 is 0 Å². The Kier molecular flexibility index (Phi) is 2.79. The topological polar surface area (TPSA) is 46.5 Å². The number of aliphatic carboxylic acids is 1. The summed E-state index contributed by atoms with van der Waals surface area (Å²) < 4.78 is 29.9. The van der Waals surface area contributed by atoms with Gasteiger partial charge < -0.3 is 9.84 Å². The summed E-state index contributed by atoms with van der Waals surface area (Å²) in [5.41, 5.74) is 0. The SMILES string of the molecule is O=C(O)COc1c(F)cccc1F. The van der Waals surface area contributed by atoms with Gasteiger partial charge in [0.25, 0.3) is 0 Å². The lowest BCUT2D eigenvalue weighted by Gasteiger charge is -2.04. The van der Waals surface area contributed by atoms with E-state index in [1.54, 1.807) is 0 Å². The summed E-state index contributed by atoms with van der Waals surface area (Å²) in [5, 5.41) is 8.19. The Morgan fingerprint density at radius 2 is 1.92 bits per heavy atom. The summed E-state index contributed by atoms with van der Waals surface area (Å²) in [6.07, 6.45) is 0. The van der Waals surface area contributed by atoms with Gasteiger partial charge in [0, 0.05) is 0 Å². The third-order valence-corrected chi connectivity index (χ3v) is 1.26. The van der Waals surface area contributed by atoms with Crippen LogP contribution in [-0.4, -0.2) is 17.7 Å². The number of hydrogen-bond donors (Lipinski definition) is 1. The number of carbonyl (C=O) groups is 1. The first-order valence-corrected chi connectivity index (χ1v) is 3.40. The third-order valence-electron chi connectivity index (χ3n) is 1.26. The van der Waals surface area contributed by atoms with Crippen molar-refractivity contribution in [3.05, 3.63) is 29.8 Å². The molecule has 0 aliphatic rings. The first-order valence-electron chi connectivity index (χ1n) is 3.40. The minimum absolute atomic E-state index is 0.662. The van der Waals surface area contributed by atoms with Crippen molar-refractivity contribution in [3.8, 4) is 5.75 Å². The van der Waals surface area contributed by atoms with Crippen LogP contribution < -0.4 is 4.74 Å². The average Bonchev–Trinajstić information content (AvgIpc) is 2.03. The molecule has 0 heterocycles. The molecular weight excluding hydrogens is 182 g/mol. The largest absolute Gasteiger partial charge is 0.479 e. The lowest BCUT2D eigenvalue weighted by Crippen LogP contribution is -2.11. The monoisotopic (exact) mass is 188 g/mol. The summed E-state index contributed by atoms with van der Waals surface area (Å²) in [5.74, 6) is -3.78. The normalized spacial score (nSPS) is 9.69. The molecular formula is C8H6F2O3. The number of para-hydroxylation sites is 1. The number of ether oxygens (including phenoxy) is 1. The van der Waals surface area contributed by atoms with Gasteiger partial charge >= 0.3 is 5.97 Å². The summed E-state index contributed by atoms with van der Waals surface area (Å²) in [6, 6.07) is 3.14. The highest BCUT2D eigenvalue weighted by molar-refractivity contribution is 5.68. The molecule has 0 unspecified atom stereocenters. The van der Waals surface area contributed by atoms with Crippen molar-refractivity contribution in [3.63, 3.8) is 0 Å². The van der Waals surface area contributed by atoms with Crippen molar-refractivity contribution in [1.82, 2.24) is 0 Å². The second-order valence-corrected chi connectivity index (χ2v) is 2.23. The predicted molar refractivity (Wildman–Crippen MR) is 39.5 cm³/mol. The Labute approximate surface area is 72.6 Å². The van der Waals surface area contributed by atoms with Gasteiger partial charge in [-0.05, 0) is 12.1 Å². The molecule has 1 aromatic rings. The van der Waals surface area contributed by atoms with E-state index in [0.29, 0.717) is 0 Å². The molecule has 0 radical (unpaired) electrons. The van der Waals surface area contributed by atoms with Crippen LogP contribution in [0.4, 0.5) is 8.78 Å². The fourth-order valence-electron chi connectivity index (χ4n) is 0.754. The zero-order chi connectivity index (χ0) is 9.84. The molecule has 1 rings (SSSR count). The summed E-state index contributed by atoms with van der Waals surface area (Å²) in [4.78, 5) is 10.0. The van der Waals surface area contributed by atoms with E-state index in [1.807, 2.05) is 0 Å². The van der Waals surface area contributed by atoms with Crippen LogP contribution in [0.25, 0.3) is 0 Å². The molecule has 13 heavy (non-hydrogen) atoms. The van der Waals surface area contributed by atoms with Gasteiger partial charge in [-0.15, -0.1) is 0 Å². The van der Waals surface area contributed by atoms with Crippen LogP contribution in [0.15, 0.2) is 18.2 Å². The quantitative estimate of drug-likeness (QED) is 0.780. The molecule has 0 atom stereocenters. The van der Waals surface area contributed by atoms with Gasteiger partial charge in [-0.25, -0.2) is 13.6 Å². The second kappa shape index (κ2) is 3.84. The average molecular weight is 188 g/mol. The fraction of sp³-hybridized carbons (Fsp3) is 0.125. The molecule has 70 valence electrons. The van der Waals surface area contributed by atoms with E-state index in [9.17, 15) is 13.6 Å². The summed E-state index contributed by atoms with van der Waals surface area (Å²) >= 11 is 0. The predicted octanol–water partition coefficient (Wildman–Crippen LogP) is 1.43. The summed E-state index contributed by atoms with van der Waals surface area (Å²) in [7, 11) is 0. The maximum Gasteiger partial charge on any atom is 0.341 e. The number of benzene rings is 1. The lowest BCUT2D eigenvalue weighted by atomic mass is 10.3. The van der Waals surface area contributed by atoms with Crippen LogP contribution in [-0.2, 0) is 4.79 Å². The van der Waals surface area contributed by atoms with Crippen molar-refractivity contribution >= 4 is 5.97 Å². The molecule has 0 spiro atoms. The molecule has 5 heteroatoms. The fourth-order valence-corrected chi connectivity index (χ4v) is 0.754. The zero-order valence-electron chi connectivity index (χ0n) is 6.46. The molecule has 0 aliphatic carbocycles. The minimum atomic E-state index is -1.29. The molecule has 0 fully saturated rings. The molecule has 3 nitrogen and oxygen atoms in total. The maximum absolute atomic E-state index is 12.7. The van der Waals surface area contributed by atoms with E-state index < -0.39 is 30.0 Å². The molecule has 0 saturated heterocycles. The lowest BCUT2D eigenvalue weighted by molar-refractivity contribution is -0.139. The van der Waals surface area contributed by atoms with E-state index in [4.69, 9.17) is 5.11 Å². The smallest absolute Gasteiger partial charge is 0.341 e. The first kappa shape index (κ1) is 9.44. The number of rotatable bonds is 3. The Morgan fingerprint density at radius 1 is 1.38 bits per heavy atom. The Bertz CT molecular complexity index is 305. The molecule has 1 aromatic carbocycles. The highest BCUT2D eigenvalue weighted by Crippen LogP contribution is 2.20. The van der Waals surface area contributed by atoms with E-state index in [2.05, 4.69) is 4.74 Å². The number of hydrogen-bond acceptors (Lipinski definition) is 2. The molecule has 0 amide bonds. The van der Waals surface area contributed by atoms with Crippen LogP contribution in [0.5, 0.6) is 5.75 Å².